The molecule has 0 spiro atoms. The van der Waals surface area contributed by atoms with Crippen LogP contribution in [-0.2, 0) is 30.3 Å². The molecule has 5 N–H and O–H groups in total. The molecule has 3 amide bonds. The van der Waals surface area contributed by atoms with Crippen LogP contribution in [0, 0.1) is 0 Å². The molecule has 2 bridgehead atoms. The second kappa shape index (κ2) is 14.0. The lowest BCUT2D eigenvalue weighted by Gasteiger charge is -2.24. The highest BCUT2D eigenvalue weighted by atomic mass is 16.5. The normalized spacial score (nSPS) is 22.5. The SMILES string of the molecule is COC(=O)[C@@H]1C/C=C\COc2ccc(cc2)C[C@H](NC(C)=O)C(=O)N[C@@H](CCCCN)C(=O)N1. The van der Waals surface area contributed by atoms with E-state index in [4.69, 9.17) is 15.2 Å². The molecule has 0 unspecified atom stereocenters. The molecule has 1 aromatic carbocycles. The van der Waals surface area contributed by atoms with Crippen molar-refractivity contribution >= 4 is 23.7 Å². The Labute approximate surface area is 199 Å². The van der Waals surface area contributed by atoms with E-state index in [1.54, 1.807) is 24.3 Å². The van der Waals surface area contributed by atoms with Crippen LogP contribution in [0.2, 0.25) is 0 Å². The maximum atomic E-state index is 13.1. The molecule has 2 aliphatic heterocycles. The van der Waals surface area contributed by atoms with Crippen molar-refractivity contribution < 1.29 is 28.7 Å². The first-order valence-corrected chi connectivity index (χ1v) is 11.4. The maximum Gasteiger partial charge on any atom is 0.328 e. The number of hydrogen-bond acceptors (Lipinski definition) is 7. The van der Waals surface area contributed by atoms with E-state index in [0.717, 1.165) is 5.56 Å². The lowest BCUT2D eigenvalue weighted by molar-refractivity contribution is -0.145. The highest BCUT2D eigenvalue weighted by molar-refractivity contribution is 5.93. The number of esters is 1. The van der Waals surface area contributed by atoms with Crippen molar-refractivity contribution in [3.05, 3.63) is 42.0 Å². The van der Waals surface area contributed by atoms with Gasteiger partial charge >= 0.3 is 5.97 Å². The van der Waals surface area contributed by atoms with E-state index in [9.17, 15) is 19.2 Å². The molecule has 0 fully saturated rings. The third-order valence-corrected chi connectivity index (χ3v) is 5.32. The Balaban J connectivity index is 2.34. The molecule has 3 atom stereocenters. The molecule has 0 aliphatic carbocycles. The molecule has 1 aromatic rings. The lowest BCUT2D eigenvalue weighted by atomic mass is 10.0. The minimum Gasteiger partial charge on any atom is -0.490 e. The van der Waals surface area contributed by atoms with Crippen molar-refractivity contribution in [2.24, 2.45) is 5.73 Å². The minimum atomic E-state index is -0.927. The van der Waals surface area contributed by atoms with Crippen LogP contribution in [0.4, 0.5) is 0 Å². The van der Waals surface area contributed by atoms with E-state index in [1.807, 2.05) is 12.1 Å². The Morgan fingerprint density at radius 3 is 2.50 bits per heavy atom. The van der Waals surface area contributed by atoms with Gasteiger partial charge in [-0.3, -0.25) is 14.4 Å². The first-order valence-electron chi connectivity index (χ1n) is 11.4. The number of methoxy groups -OCH3 is 1. The summed E-state index contributed by atoms with van der Waals surface area (Å²) in [5, 5.41) is 8.06. The predicted molar refractivity (Wildman–Crippen MR) is 126 cm³/mol. The van der Waals surface area contributed by atoms with Gasteiger partial charge in [0.05, 0.1) is 7.11 Å². The summed E-state index contributed by atoms with van der Waals surface area (Å²) in [5.41, 5.74) is 6.39. The van der Waals surface area contributed by atoms with Crippen molar-refractivity contribution in [3.8, 4) is 5.75 Å². The number of carbonyl (C=O) groups is 4. The molecule has 3 rings (SSSR count). The molecule has 10 nitrogen and oxygen atoms in total. The number of hydrogen-bond donors (Lipinski definition) is 4. The smallest absolute Gasteiger partial charge is 0.328 e. The number of nitrogens with one attached hydrogen (secondary N) is 3. The quantitative estimate of drug-likeness (QED) is 0.264. The van der Waals surface area contributed by atoms with Gasteiger partial charge in [0.25, 0.3) is 0 Å². The number of fused-ring (bicyclic) bond motifs is 13. The fourth-order valence-electron chi connectivity index (χ4n) is 3.52. The molecule has 34 heavy (non-hydrogen) atoms. The number of unbranched alkanes of at least 4 members (excludes halogenated alkanes) is 1. The Hall–Kier alpha value is -3.40. The van der Waals surface area contributed by atoms with Crippen LogP contribution in [0.5, 0.6) is 5.75 Å². The first-order chi connectivity index (χ1) is 16.3. The lowest BCUT2D eigenvalue weighted by Crippen LogP contribution is -2.56. The van der Waals surface area contributed by atoms with Gasteiger partial charge in [0.2, 0.25) is 17.7 Å². The fourth-order valence-corrected chi connectivity index (χ4v) is 3.52. The van der Waals surface area contributed by atoms with Gasteiger partial charge in [-0.25, -0.2) is 4.79 Å². The van der Waals surface area contributed by atoms with Crippen LogP contribution < -0.4 is 26.4 Å². The van der Waals surface area contributed by atoms with Crippen molar-refractivity contribution in [3.63, 3.8) is 0 Å². The summed E-state index contributed by atoms with van der Waals surface area (Å²) in [6.45, 7) is 2.05. The molecular formula is C24H34N4O6. The van der Waals surface area contributed by atoms with E-state index in [0.29, 0.717) is 31.6 Å². The van der Waals surface area contributed by atoms with Crippen LogP contribution in [0.1, 0.15) is 38.2 Å². The fraction of sp³-hybridized carbons (Fsp3) is 0.500. The highest BCUT2D eigenvalue weighted by Crippen LogP contribution is 2.14. The Kier molecular flexibility index (Phi) is 11.0. The van der Waals surface area contributed by atoms with Gasteiger partial charge in [0, 0.05) is 13.3 Å². The van der Waals surface area contributed by atoms with Gasteiger partial charge in [-0.2, -0.15) is 0 Å². The largest absolute Gasteiger partial charge is 0.490 e. The number of benzene rings is 1. The molecule has 2 aliphatic rings. The summed E-state index contributed by atoms with van der Waals surface area (Å²) in [4.78, 5) is 50.1. The number of ether oxygens (including phenoxy) is 2. The average molecular weight is 475 g/mol. The average Bonchev–Trinajstić information content (AvgIpc) is 2.81. The van der Waals surface area contributed by atoms with Crippen molar-refractivity contribution in [1.29, 1.82) is 0 Å². The molecule has 186 valence electrons. The summed E-state index contributed by atoms with van der Waals surface area (Å²) in [6, 6.07) is 4.47. The maximum absolute atomic E-state index is 13.1. The summed E-state index contributed by atoms with van der Waals surface area (Å²) in [5.74, 6) is -1.35. The number of nitrogens with two attached hydrogens (primary N) is 1. The van der Waals surface area contributed by atoms with Gasteiger partial charge < -0.3 is 31.2 Å². The molecule has 2 heterocycles. The van der Waals surface area contributed by atoms with Gasteiger partial charge in [0.15, 0.2) is 0 Å². The van der Waals surface area contributed by atoms with Crippen molar-refractivity contribution in [1.82, 2.24) is 16.0 Å². The standard InChI is InChI=1S/C24H34N4O6/c1-16(29)26-21-15-17-9-11-18(12-10-17)34-14-6-4-8-20(24(32)33-2)28-22(30)19(27-23(21)31)7-3-5-13-25/h4,6,9-12,19-21H,3,5,7-8,13-15,25H2,1-2H3,(H,26,29)(H,27,31)(H,28,30)/b6-4-/t19-,20-,21-/m0/s1. The van der Waals surface area contributed by atoms with Crippen LogP contribution in [-0.4, -0.2) is 62.1 Å². The number of rotatable bonds is 6. The van der Waals surface area contributed by atoms with E-state index >= 15 is 0 Å². The van der Waals surface area contributed by atoms with Crippen LogP contribution in [0.3, 0.4) is 0 Å². The van der Waals surface area contributed by atoms with Crippen LogP contribution in [0.15, 0.2) is 36.4 Å². The summed E-state index contributed by atoms with van der Waals surface area (Å²) >= 11 is 0. The summed E-state index contributed by atoms with van der Waals surface area (Å²) < 4.78 is 10.5. The topological polar surface area (TPSA) is 149 Å². The van der Waals surface area contributed by atoms with Crippen LogP contribution in [0.25, 0.3) is 0 Å². The molecular weight excluding hydrogens is 440 g/mol. The second-order valence-electron chi connectivity index (χ2n) is 8.05. The van der Waals surface area contributed by atoms with Crippen LogP contribution >= 0.6 is 0 Å². The van der Waals surface area contributed by atoms with Gasteiger partial charge in [-0.1, -0.05) is 24.3 Å². The zero-order valence-electron chi connectivity index (χ0n) is 19.7. The first kappa shape index (κ1) is 26.8. The molecule has 0 saturated heterocycles. The molecule has 0 saturated carbocycles. The molecule has 10 heteroatoms. The highest BCUT2D eigenvalue weighted by Gasteiger charge is 2.29. The van der Waals surface area contributed by atoms with Crippen molar-refractivity contribution in [2.75, 3.05) is 20.3 Å². The third-order valence-electron chi connectivity index (χ3n) is 5.32. The molecule has 0 radical (unpaired) electrons. The molecule has 0 aromatic heterocycles. The second-order valence-corrected chi connectivity index (χ2v) is 8.05. The Bertz CT molecular complexity index is 871. The van der Waals surface area contributed by atoms with Gasteiger partial charge in [0.1, 0.15) is 30.5 Å². The Morgan fingerprint density at radius 2 is 1.85 bits per heavy atom. The Morgan fingerprint density at radius 1 is 1.12 bits per heavy atom. The zero-order valence-corrected chi connectivity index (χ0v) is 19.7. The monoisotopic (exact) mass is 474 g/mol. The zero-order chi connectivity index (χ0) is 24.9. The van der Waals surface area contributed by atoms with E-state index < -0.39 is 35.9 Å². The number of carbonyl (C=O) groups excluding carboxylic acids is 4. The minimum absolute atomic E-state index is 0.193. The van der Waals surface area contributed by atoms with Gasteiger partial charge in [-0.05, 0) is 49.9 Å². The summed E-state index contributed by atoms with van der Waals surface area (Å²) in [6.07, 6.45) is 5.50. The predicted octanol–water partition coefficient (Wildman–Crippen LogP) is 0.344. The van der Waals surface area contributed by atoms with E-state index in [2.05, 4.69) is 16.0 Å². The van der Waals surface area contributed by atoms with Gasteiger partial charge in [-0.15, -0.1) is 0 Å². The van der Waals surface area contributed by atoms with Crippen molar-refractivity contribution in [2.45, 2.75) is 57.2 Å². The summed E-state index contributed by atoms with van der Waals surface area (Å²) in [7, 11) is 1.24. The van der Waals surface area contributed by atoms with E-state index in [-0.39, 0.29) is 25.4 Å². The van der Waals surface area contributed by atoms with E-state index in [1.165, 1.54) is 14.0 Å². The third kappa shape index (κ3) is 8.86. The number of amides is 3.